The smallest absolute Gasteiger partial charge is 0.126 e. The van der Waals surface area contributed by atoms with Gasteiger partial charge in [-0.25, -0.2) is 0 Å². The molecule has 2 aromatic rings. The van der Waals surface area contributed by atoms with Gasteiger partial charge >= 0.3 is 0 Å². The average molecular weight is 413 g/mol. The van der Waals surface area contributed by atoms with Gasteiger partial charge in [-0.1, -0.05) is 44.0 Å². The van der Waals surface area contributed by atoms with Crippen molar-refractivity contribution in [2.75, 3.05) is 7.11 Å². The van der Waals surface area contributed by atoms with E-state index in [1.54, 1.807) is 7.11 Å². The van der Waals surface area contributed by atoms with E-state index in [9.17, 15) is 0 Å². The molecule has 21 heavy (non-hydrogen) atoms. The summed E-state index contributed by atoms with van der Waals surface area (Å²) in [5.74, 6) is 0.887. The summed E-state index contributed by atoms with van der Waals surface area (Å²) in [6.45, 7) is 4.11. The second-order valence-electron chi connectivity index (χ2n) is 5.19. The first-order chi connectivity index (χ1) is 9.93. The van der Waals surface area contributed by atoms with E-state index in [4.69, 9.17) is 10.5 Å². The molecule has 0 amide bonds. The van der Waals surface area contributed by atoms with Crippen LogP contribution in [0.2, 0.25) is 0 Å². The molecule has 0 spiro atoms. The van der Waals surface area contributed by atoms with Crippen LogP contribution in [0, 0.1) is 13.8 Å². The minimum absolute atomic E-state index is 0.106. The average Bonchev–Trinajstić information content (AvgIpc) is 2.42. The van der Waals surface area contributed by atoms with Crippen molar-refractivity contribution in [3.05, 3.63) is 61.5 Å². The van der Waals surface area contributed by atoms with Crippen LogP contribution in [0.3, 0.4) is 0 Å². The Morgan fingerprint density at radius 2 is 1.90 bits per heavy atom. The molecule has 0 aromatic heterocycles. The van der Waals surface area contributed by atoms with Crippen LogP contribution in [-0.4, -0.2) is 7.11 Å². The van der Waals surface area contributed by atoms with Gasteiger partial charge in [0, 0.05) is 20.6 Å². The van der Waals surface area contributed by atoms with Crippen LogP contribution in [-0.2, 0) is 6.42 Å². The van der Waals surface area contributed by atoms with Gasteiger partial charge in [0.2, 0.25) is 0 Å². The van der Waals surface area contributed by atoms with Crippen molar-refractivity contribution in [2.24, 2.45) is 5.73 Å². The summed E-state index contributed by atoms with van der Waals surface area (Å²) in [7, 11) is 1.70. The van der Waals surface area contributed by atoms with Crippen molar-refractivity contribution < 1.29 is 4.74 Å². The van der Waals surface area contributed by atoms with Gasteiger partial charge in [-0.15, -0.1) is 0 Å². The second-order valence-corrected chi connectivity index (χ2v) is 6.96. The van der Waals surface area contributed by atoms with E-state index >= 15 is 0 Å². The lowest BCUT2D eigenvalue weighted by molar-refractivity contribution is 0.401. The Labute approximate surface area is 143 Å². The highest BCUT2D eigenvalue weighted by Crippen LogP contribution is 2.36. The predicted octanol–water partition coefficient (Wildman–Crippen LogP) is 5.08. The molecule has 0 aliphatic heterocycles. The monoisotopic (exact) mass is 411 g/mol. The van der Waals surface area contributed by atoms with Gasteiger partial charge in [0.15, 0.2) is 0 Å². The minimum Gasteiger partial charge on any atom is -0.496 e. The zero-order chi connectivity index (χ0) is 15.6. The fourth-order valence-corrected chi connectivity index (χ4v) is 3.62. The first kappa shape index (κ1) is 16.5. The summed E-state index contributed by atoms with van der Waals surface area (Å²) in [5, 5.41) is 0. The van der Waals surface area contributed by atoms with E-state index in [-0.39, 0.29) is 6.04 Å². The summed E-state index contributed by atoms with van der Waals surface area (Å²) in [6, 6.07) is 10.2. The molecule has 4 heteroatoms. The van der Waals surface area contributed by atoms with Gasteiger partial charge in [0.05, 0.1) is 7.11 Å². The van der Waals surface area contributed by atoms with Gasteiger partial charge in [-0.05, 0) is 55.2 Å². The van der Waals surface area contributed by atoms with Gasteiger partial charge < -0.3 is 10.5 Å². The Morgan fingerprint density at radius 3 is 2.52 bits per heavy atom. The molecule has 0 saturated carbocycles. The lowest BCUT2D eigenvalue weighted by Crippen LogP contribution is -2.17. The standard InChI is InChI=1S/C17H19Br2NO/c1-10-7-14(19)11(2)16(17(10)21-3)15(20)9-12-5-4-6-13(18)8-12/h4-8,15H,9,20H2,1-3H3. The number of rotatable bonds is 4. The summed E-state index contributed by atoms with van der Waals surface area (Å²) >= 11 is 7.11. The molecule has 2 nitrogen and oxygen atoms in total. The number of hydrogen-bond donors (Lipinski definition) is 1. The first-order valence-corrected chi connectivity index (χ1v) is 8.36. The van der Waals surface area contributed by atoms with E-state index in [2.05, 4.69) is 57.0 Å². The van der Waals surface area contributed by atoms with E-state index in [0.717, 1.165) is 37.8 Å². The molecule has 2 rings (SSSR count). The molecule has 0 heterocycles. The number of nitrogens with two attached hydrogens (primary N) is 1. The van der Waals surface area contributed by atoms with Crippen LogP contribution in [0.4, 0.5) is 0 Å². The van der Waals surface area contributed by atoms with Gasteiger partial charge in [-0.2, -0.15) is 0 Å². The zero-order valence-corrected chi connectivity index (χ0v) is 15.6. The highest BCUT2D eigenvalue weighted by atomic mass is 79.9. The molecule has 2 aromatic carbocycles. The third-order valence-electron chi connectivity index (χ3n) is 3.63. The largest absolute Gasteiger partial charge is 0.496 e. The summed E-state index contributed by atoms with van der Waals surface area (Å²) in [4.78, 5) is 0. The first-order valence-electron chi connectivity index (χ1n) is 6.77. The lowest BCUT2D eigenvalue weighted by atomic mass is 9.93. The van der Waals surface area contributed by atoms with Crippen molar-refractivity contribution in [3.63, 3.8) is 0 Å². The Kier molecular flexibility index (Phi) is 5.47. The van der Waals surface area contributed by atoms with Crippen LogP contribution in [0.25, 0.3) is 0 Å². The topological polar surface area (TPSA) is 35.2 Å². The number of ether oxygens (including phenoxy) is 1. The fraction of sp³-hybridized carbons (Fsp3) is 0.294. The number of aryl methyl sites for hydroxylation is 1. The molecule has 2 N–H and O–H groups in total. The number of halogens is 2. The van der Waals surface area contributed by atoms with Crippen molar-refractivity contribution in [2.45, 2.75) is 26.3 Å². The third-order valence-corrected chi connectivity index (χ3v) is 4.94. The Bertz CT molecular complexity index is 655. The molecular weight excluding hydrogens is 394 g/mol. The maximum absolute atomic E-state index is 6.48. The van der Waals surface area contributed by atoms with Crippen LogP contribution in [0.15, 0.2) is 39.3 Å². The molecule has 0 saturated heterocycles. The summed E-state index contributed by atoms with van der Waals surface area (Å²) < 4.78 is 7.72. The van der Waals surface area contributed by atoms with Gasteiger partial charge in [0.25, 0.3) is 0 Å². The van der Waals surface area contributed by atoms with Crippen molar-refractivity contribution >= 4 is 31.9 Å². The van der Waals surface area contributed by atoms with Gasteiger partial charge in [0.1, 0.15) is 5.75 Å². The van der Waals surface area contributed by atoms with Crippen LogP contribution < -0.4 is 10.5 Å². The number of hydrogen-bond acceptors (Lipinski definition) is 2. The molecule has 1 unspecified atom stereocenters. The van der Waals surface area contributed by atoms with E-state index < -0.39 is 0 Å². The molecular formula is C17H19Br2NO. The normalized spacial score (nSPS) is 12.3. The third kappa shape index (κ3) is 3.68. The van der Waals surface area contributed by atoms with Crippen LogP contribution in [0.5, 0.6) is 5.75 Å². The van der Waals surface area contributed by atoms with E-state index in [0.29, 0.717) is 0 Å². The lowest BCUT2D eigenvalue weighted by Gasteiger charge is -2.21. The van der Waals surface area contributed by atoms with E-state index in [1.165, 1.54) is 5.56 Å². The molecule has 0 aliphatic carbocycles. The SMILES string of the molecule is COc1c(C)cc(Br)c(C)c1C(N)Cc1cccc(Br)c1. The Morgan fingerprint density at radius 1 is 1.19 bits per heavy atom. The highest BCUT2D eigenvalue weighted by molar-refractivity contribution is 9.10. The molecule has 0 aliphatic rings. The minimum atomic E-state index is -0.106. The molecule has 0 fully saturated rings. The van der Waals surface area contributed by atoms with Gasteiger partial charge in [-0.3, -0.25) is 0 Å². The van der Waals surface area contributed by atoms with Crippen LogP contribution >= 0.6 is 31.9 Å². The number of benzene rings is 2. The molecule has 112 valence electrons. The second kappa shape index (κ2) is 6.95. The van der Waals surface area contributed by atoms with Crippen molar-refractivity contribution in [1.82, 2.24) is 0 Å². The highest BCUT2D eigenvalue weighted by Gasteiger charge is 2.19. The van der Waals surface area contributed by atoms with Crippen LogP contribution in [0.1, 0.15) is 28.3 Å². The quantitative estimate of drug-likeness (QED) is 0.759. The fourth-order valence-electron chi connectivity index (χ4n) is 2.61. The molecule has 1 atom stereocenters. The Hall–Kier alpha value is -0.840. The molecule has 0 bridgehead atoms. The maximum atomic E-state index is 6.48. The Balaban J connectivity index is 2.41. The predicted molar refractivity (Wildman–Crippen MR) is 94.9 cm³/mol. The van der Waals surface area contributed by atoms with Crippen molar-refractivity contribution in [1.29, 1.82) is 0 Å². The summed E-state index contributed by atoms with van der Waals surface area (Å²) in [5.41, 5.74) is 11.0. The molecule has 0 radical (unpaired) electrons. The number of methoxy groups -OCH3 is 1. The summed E-state index contributed by atoms with van der Waals surface area (Å²) in [6.07, 6.45) is 0.770. The van der Waals surface area contributed by atoms with E-state index in [1.807, 2.05) is 19.1 Å². The van der Waals surface area contributed by atoms with Crippen molar-refractivity contribution in [3.8, 4) is 5.75 Å². The zero-order valence-electron chi connectivity index (χ0n) is 12.4. The maximum Gasteiger partial charge on any atom is 0.126 e.